The second-order valence-electron chi connectivity index (χ2n) is 6.28. The molecule has 0 amide bonds. The fourth-order valence-electron chi connectivity index (χ4n) is 2.52. The van der Waals surface area contributed by atoms with Crippen LogP contribution in [-0.4, -0.2) is 20.2 Å². The Kier molecular flexibility index (Phi) is 12.3. The quantitative estimate of drug-likeness (QED) is 0.166. The molecule has 180 valence electrons. The van der Waals surface area contributed by atoms with Crippen LogP contribution in [-0.2, 0) is 17.9 Å². The summed E-state index contributed by atoms with van der Waals surface area (Å²) in [5, 5.41) is 6.21. The molecule has 1 N–H and O–H groups in total. The van der Waals surface area contributed by atoms with Gasteiger partial charge in [0.2, 0.25) is 0 Å². The predicted molar refractivity (Wildman–Crippen MR) is 121 cm³/mol. The first-order valence-electron chi connectivity index (χ1n) is 9.67. The van der Waals surface area contributed by atoms with Gasteiger partial charge in [-0.2, -0.15) is 5.10 Å². The summed E-state index contributed by atoms with van der Waals surface area (Å²) >= 11 is 1.47. The number of hydrogen-bond acceptors (Lipinski definition) is 3. The summed E-state index contributed by atoms with van der Waals surface area (Å²) in [6, 6.07) is 20.9. The number of halogens is 5. The summed E-state index contributed by atoms with van der Waals surface area (Å²) < 4.78 is 51.6. The average molecular weight is 676 g/mol. The van der Waals surface area contributed by atoms with E-state index >= 15 is 0 Å². The molecule has 0 aliphatic carbocycles. The zero-order chi connectivity index (χ0) is 25.5. The molecule has 0 aliphatic rings. The zero-order valence-corrected chi connectivity index (χ0v) is 20.9. The molecule has 3 aromatic heterocycles. The molecule has 0 aliphatic heterocycles. The van der Waals surface area contributed by atoms with E-state index in [-0.39, 0.29) is 11.1 Å². The van der Waals surface area contributed by atoms with Gasteiger partial charge >= 0.3 is 27.5 Å². The third-order valence-corrected chi connectivity index (χ3v) is 3.96. The fraction of sp³-hybridized carbons (Fsp3) is 0. The summed E-state index contributed by atoms with van der Waals surface area (Å²) in [5.74, 6) is -2.57. The van der Waals surface area contributed by atoms with E-state index in [0.29, 0.717) is 11.4 Å². The third kappa shape index (κ3) is 9.41. The molecule has 0 bridgehead atoms. The standard InChI is InChI=1S/2C11H6F2N.C3H4N2.ClH.Ir/c2*12-8-4-5-9(10(13)7-8)11-3-1-2-6-14-11;1-2-4-5-3-1;;/h2*1-4,6-7H;1-3H,(H,4,5);1H;/q2*-1;;;+3/p-1. The number of nitrogens with one attached hydrogen (secondary N) is 1. The maximum absolute atomic E-state index is 13.2. The molecule has 10 heteroatoms. The average Bonchev–Trinajstić information content (AvgIpc) is 3.47. The van der Waals surface area contributed by atoms with Gasteiger partial charge in [0, 0.05) is 48.1 Å². The zero-order valence-electron chi connectivity index (χ0n) is 17.7. The minimum atomic E-state index is -0.649. The first-order chi connectivity index (χ1) is 17.0. The summed E-state index contributed by atoms with van der Waals surface area (Å²) in [6.45, 7) is 0. The van der Waals surface area contributed by atoms with Crippen LogP contribution in [0.2, 0.25) is 0 Å². The van der Waals surface area contributed by atoms with Crippen molar-refractivity contribution in [2.24, 2.45) is 0 Å². The van der Waals surface area contributed by atoms with Gasteiger partial charge in [-0.3, -0.25) is 22.7 Å². The Labute approximate surface area is 214 Å². The van der Waals surface area contributed by atoms with Crippen LogP contribution in [0.1, 0.15) is 0 Å². The van der Waals surface area contributed by atoms with E-state index in [1.54, 1.807) is 61.2 Å². The summed E-state index contributed by atoms with van der Waals surface area (Å²) in [7, 11) is 4.64. The van der Waals surface area contributed by atoms with Crippen LogP contribution < -0.4 is 0 Å². The van der Waals surface area contributed by atoms with Crippen LogP contribution in [0.15, 0.2) is 91.5 Å². The van der Waals surface area contributed by atoms with Crippen LogP contribution in [0, 0.1) is 35.4 Å². The van der Waals surface area contributed by atoms with Gasteiger partial charge in [-0.25, -0.2) is 0 Å². The van der Waals surface area contributed by atoms with Gasteiger partial charge in [0.15, 0.2) is 0 Å². The van der Waals surface area contributed by atoms with Crippen molar-refractivity contribution < 1.29 is 35.5 Å². The van der Waals surface area contributed by atoms with Crippen molar-refractivity contribution in [2.75, 3.05) is 0 Å². The topological polar surface area (TPSA) is 54.5 Å². The Hall–Kier alpha value is -3.39. The molecule has 5 rings (SSSR count). The summed E-state index contributed by atoms with van der Waals surface area (Å²) in [6.07, 6.45) is 6.55. The SMILES string of the molecule is Fc1c[c-]c(-c2ccccn2)c(F)c1.Fc1c[c-]c(-c2ccccn2)c(F)c1.[Cl][Ir+2].c1cn[nH]c1. The molecule has 0 saturated carbocycles. The molecule has 0 atom stereocenters. The van der Waals surface area contributed by atoms with Crippen molar-refractivity contribution in [1.82, 2.24) is 20.2 Å². The van der Waals surface area contributed by atoms with Gasteiger partial charge in [0.05, 0.1) is 0 Å². The molecule has 2 aromatic carbocycles. The monoisotopic (exact) mass is 676 g/mol. The smallest absolute Gasteiger partial charge is 0.0487 e. The Morgan fingerprint density at radius 1 is 0.686 bits per heavy atom. The Morgan fingerprint density at radius 3 is 1.46 bits per heavy atom. The number of rotatable bonds is 2. The number of benzene rings is 2. The molecule has 0 saturated heterocycles. The molecular weight excluding hydrogens is 660 g/mol. The molecule has 0 fully saturated rings. The van der Waals surface area contributed by atoms with E-state index in [0.717, 1.165) is 24.3 Å². The van der Waals surface area contributed by atoms with Crippen LogP contribution in [0.25, 0.3) is 22.5 Å². The molecular formula is C25H16ClF4IrN4. The maximum Gasteiger partial charge on any atom is 0.0487 e. The number of hydrogen-bond donors (Lipinski definition) is 1. The van der Waals surface area contributed by atoms with Gasteiger partial charge < -0.3 is 9.97 Å². The molecule has 35 heavy (non-hydrogen) atoms. The van der Waals surface area contributed by atoms with Crippen LogP contribution in [0.3, 0.4) is 0 Å². The largest absolute Gasteiger partial charge is 0.286 e. The van der Waals surface area contributed by atoms with E-state index in [9.17, 15) is 17.6 Å². The van der Waals surface area contributed by atoms with Crippen molar-refractivity contribution in [3.05, 3.63) is 127 Å². The van der Waals surface area contributed by atoms with Crippen molar-refractivity contribution in [1.29, 1.82) is 0 Å². The van der Waals surface area contributed by atoms with Crippen LogP contribution in [0.5, 0.6) is 0 Å². The second-order valence-corrected chi connectivity index (χ2v) is 6.28. The predicted octanol–water partition coefficient (Wildman–Crippen LogP) is 6.75. The van der Waals surface area contributed by atoms with E-state index in [2.05, 4.69) is 41.9 Å². The minimum absolute atomic E-state index is 0.187. The van der Waals surface area contributed by atoms with Crippen molar-refractivity contribution in [3.63, 3.8) is 0 Å². The van der Waals surface area contributed by atoms with Gasteiger partial charge in [-0.05, 0) is 29.6 Å². The first kappa shape index (κ1) is 27.9. The van der Waals surface area contributed by atoms with E-state index in [1.807, 2.05) is 6.07 Å². The number of H-pyrrole nitrogens is 1. The number of aromatic amines is 1. The van der Waals surface area contributed by atoms with Gasteiger partial charge in [0.1, 0.15) is 0 Å². The maximum atomic E-state index is 13.2. The number of nitrogens with zero attached hydrogens (tertiary/aromatic N) is 3. The Bertz CT molecular complexity index is 1160. The van der Waals surface area contributed by atoms with E-state index < -0.39 is 23.3 Å². The van der Waals surface area contributed by atoms with E-state index in [1.165, 1.54) is 17.9 Å². The molecule has 0 radical (unpaired) electrons. The summed E-state index contributed by atoms with van der Waals surface area (Å²) in [4.78, 5) is 7.89. The molecule has 3 heterocycles. The molecule has 0 spiro atoms. The molecule has 0 unspecified atom stereocenters. The minimum Gasteiger partial charge on any atom is -0.286 e. The van der Waals surface area contributed by atoms with Gasteiger partial charge in [-0.15, -0.1) is 24.3 Å². The summed E-state index contributed by atoms with van der Waals surface area (Å²) in [5.41, 5.74) is 1.27. The van der Waals surface area contributed by atoms with Crippen molar-refractivity contribution in [3.8, 4) is 22.5 Å². The van der Waals surface area contributed by atoms with Gasteiger partial charge in [0.25, 0.3) is 0 Å². The Morgan fingerprint density at radius 2 is 1.17 bits per heavy atom. The second kappa shape index (κ2) is 15.5. The Balaban J connectivity index is 0.000000195. The third-order valence-electron chi connectivity index (χ3n) is 3.96. The van der Waals surface area contributed by atoms with Crippen molar-refractivity contribution >= 4 is 9.58 Å². The first-order valence-corrected chi connectivity index (χ1v) is 12.6. The fourth-order valence-corrected chi connectivity index (χ4v) is 2.52. The van der Waals surface area contributed by atoms with Crippen LogP contribution >= 0.6 is 9.58 Å². The number of aromatic nitrogens is 4. The van der Waals surface area contributed by atoms with Crippen LogP contribution in [0.4, 0.5) is 17.6 Å². The van der Waals surface area contributed by atoms with Gasteiger partial charge in [-0.1, -0.05) is 47.5 Å². The molecule has 4 nitrogen and oxygen atoms in total. The normalized spacial score (nSPS) is 9.43. The van der Waals surface area contributed by atoms with E-state index in [4.69, 9.17) is 0 Å². The molecule has 5 aromatic rings. The number of pyridine rings is 2. The van der Waals surface area contributed by atoms with Crippen molar-refractivity contribution in [2.45, 2.75) is 0 Å².